The zero-order valence-corrected chi connectivity index (χ0v) is 16.1. The number of aryl methyl sites for hydroxylation is 1. The molecule has 0 N–H and O–H groups in total. The number of carbonyl (C=O) groups is 1. The van der Waals surface area contributed by atoms with Gasteiger partial charge >= 0.3 is 0 Å². The van der Waals surface area contributed by atoms with Crippen LogP contribution in [0.25, 0.3) is 6.08 Å². The summed E-state index contributed by atoms with van der Waals surface area (Å²) in [5, 5.41) is 5.10. The molecule has 138 valence electrons. The predicted octanol–water partition coefficient (Wildman–Crippen LogP) is 4.50. The van der Waals surface area contributed by atoms with Crippen molar-refractivity contribution >= 4 is 23.6 Å². The van der Waals surface area contributed by atoms with E-state index in [4.69, 9.17) is 4.74 Å². The molecule has 0 unspecified atom stereocenters. The Morgan fingerprint density at radius 2 is 2.19 bits per heavy atom. The van der Waals surface area contributed by atoms with Crippen LogP contribution in [0.5, 0.6) is 5.75 Å². The van der Waals surface area contributed by atoms with Crippen molar-refractivity contribution in [3.8, 4) is 5.75 Å². The summed E-state index contributed by atoms with van der Waals surface area (Å²) < 4.78 is 7.20. The minimum absolute atomic E-state index is 0.0603. The highest BCUT2D eigenvalue weighted by molar-refractivity contribution is 7.98. The van der Waals surface area contributed by atoms with E-state index in [0.29, 0.717) is 5.56 Å². The summed E-state index contributed by atoms with van der Waals surface area (Å²) in [6, 6.07) is 11.7. The van der Waals surface area contributed by atoms with Crippen molar-refractivity contribution in [2.24, 2.45) is 0 Å². The first kappa shape index (κ1) is 18.9. The monoisotopic (exact) mass is 379 g/mol. The molecule has 0 radical (unpaired) electrons. The van der Waals surface area contributed by atoms with Crippen LogP contribution in [0.3, 0.4) is 0 Å². The maximum absolute atomic E-state index is 12.3. The van der Waals surface area contributed by atoms with Crippen LogP contribution in [0.1, 0.15) is 28.4 Å². The predicted molar refractivity (Wildman–Crippen MR) is 108 cm³/mol. The fourth-order valence-electron chi connectivity index (χ4n) is 2.53. The molecule has 0 amide bonds. The lowest BCUT2D eigenvalue weighted by atomic mass is 10.1. The molecule has 0 fully saturated rings. The Kier molecular flexibility index (Phi) is 6.44. The summed E-state index contributed by atoms with van der Waals surface area (Å²) >= 11 is 1.65. The summed E-state index contributed by atoms with van der Waals surface area (Å²) in [6.45, 7) is 2.73. The van der Waals surface area contributed by atoms with Crippen molar-refractivity contribution in [2.75, 3.05) is 7.11 Å². The van der Waals surface area contributed by atoms with Crippen LogP contribution >= 0.6 is 11.8 Å². The largest absolute Gasteiger partial charge is 0.496 e. The topological polar surface area (TPSA) is 57.0 Å². The summed E-state index contributed by atoms with van der Waals surface area (Å²) in [7, 11) is 1.66. The van der Waals surface area contributed by atoms with Crippen molar-refractivity contribution in [1.82, 2.24) is 14.8 Å². The van der Waals surface area contributed by atoms with Crippen molar-refractivity contribution in [2.45, 2.75) is 24.2 Å². The van der Waals surface area contributed by atoms with Gasteiger partial charge in [-0.25, -0.2) is 4.98 Å². The zero-order chi connectivity index (χ0) is 19.1. The number of methoxy groups -OCH3 is 1. The highest BCUT2D eigenvalue weighted by atomic mass is 32.2. The summed E-state index contributed by atoms with van der Waals surface area (Å²) in [5.74, 6) is 1.50. The minimum atomic E-state index is -0.0603. The first-order chi connectivity index (χ1) is 13.2. The van der Waals surface area contributed by atoms with Gasteiger partial charge in [-0.3, -0.25) is 9.48 Å². The molecule has 27 heavy (non-hydrogen) atoms. The molecule has 0 spiro atoms. The number of ketones is 1. The van der Waals surface area contributed by atoms with E-state index < -0.39 is 0 Å². The molecular weight excluding hydrogens is 358 g/mol. The van der Waals surface area contributed by atoms with E-state index in [1.807, 2.05) is 49.4 Å². The Labute approximate surface area is 163 Å². The van der Waals surface area contributed by atoms with Crippen LogP contribution < -0.4 is 4.74 Å². The molecular formula is C21H21N3O2S. The molecule has 5 nitrogen and oxygen atoms in total. The number of allylic oxidation sites excluding steroid dienone is 1. The Balaban J connectivity index is 1.72. The number of nitrogens with zero attached hydrogens (tertiary/aromatic N) is 3. The average Bonchev–Trinajstić information content (AvgIpc) is 3.20. The highest BCUT2D eigenvalue weighted by Gasteiger charge is 2.07. The maximum Gasteiger partial charge on any atom is 0.189 e. The van der Waals surface area contributed by atoms with Gasteiger partial charge in [-0.15, -0.1) is 11.8 Å². The van der Waals surface area contributed by atoms with Crippen LogP contribution in [-0.2, 0) is 12.3 Å². The number of hydrogen-bond acceptors (Lipinski definition) is 5. The second-order valence-corrected chi connectivity index (χ2v) is 6.81. The van der Waals surface area contributed by atoms with Gasteiger partial charge in [0.1, 0.15) is 5.75 Å². The van der Waals surface area contributed by atoms with Gasteiger partial charge in [0, 0.05) is 30.3 Å². The number of carbonyl (C=O) groups excluding carboxylic acids is 1. The molecule has 0 bridgehead atoms. The van der Waals surface area contributed by atoms with Crippen LogP contribution in [0.15, 0.2) is 66.1 Å². The molecule has 0 saturated carbocycles. The van der Waals surface area contributed by atoms with E-state index >= 15 is 0 Å². The molecule has 3 rings (SSSR count). The Morgan fingerprint density at radius 3 is 2.89 bits per heavy atom. The Morgan fingerprint density at radius 1 is 1.30 bits per heavy atom. The number of thioether (sulfide) groups is 1. The van der Waals surface area contributed by atoms with Crippen LogP contribution in [-0.4, -0.2) is 27.7 Å². The fraction of sp³-hybridized carbons (Fsp3) is 0.190. The molecule has 1 aromatic carbocycles. The van der Waals surface area contributed by atoms with Crippen molar-refractivity contribution in [3.63, 3.8) is 0 Å². The van der Waals surface area contributed by atoms with Gasteiger partial charge in [0.25, 0.3) is 0 Å². The van der Waals surface area contributed by atoms with E-state index in [0.717, 1.165) is 34.2 Å². The Hall–Kier alpha value is -2.86. The van der Waals surface area contributed by atoms with E-state index in [9.17, 15) is 4.79 Å². The zero-order valence-electron chi connectivity index (χ0n) is 15.3. The van der Waals surface area contributed by atoms with E-state index in [1.54, 1.807) is 48.2 Å². The van der Waals surface area contributed by atoms with E-state index in [2.05, 4.69) is 10.1 Å². The number of aromatic nitrogens is 3. The smallest absolute Gasteiger partial charge is 0.189 e. The summed E-state index contributed by atoms with van der Waals surface area (Å²) in [5.41, 5.74) is 2.60. The van der Waals surface area contributed by atoms with Gasteiger partial charge in [-0.2, -0.15) is 5.10 Å². The molecule has 0 aliphatic heterocycles. The van der Waals surface area contributed by atoms with Gasteiger partial charge in [0.05, 0.1) is 23.9 Å². The van der Waals surface area contributed by atoms with Crippen molar-refractivity contribution in [1.29, 1.82) is 0 Å². The van der Waals surface area contributed by atoms with Gasteiger partial charge in [-0.05, 0) is 42.8 Å². The third-order valence-corrected chi connectivity index (χ3v) is 4.98. The second kappa shape index (κ2) is 9.19. The Bertz CT molecular complexity index is 936. The third kappa shape index (κ3) is 5.08. The van der Waals surface area contributed by atoms with E-state index in [-0.39, 0.29) is 5.78 Å². The van der Waals surface area contributed by atoms with Gasteiger partial charge < -0.3 is 4.74 Å². The average molecular weight is 379 g/mol. The highest BCUT2D eigenvalue weighted by Crippen LogP contribution is 2.28. The molecule has 6 heteroatoms. The molecule has 2 heterocycles. The fourth-order valence-corrected chi connectivity index (χ4v) is 3.37. The molecule has 0 saturated heterocycles. The normalized spacial score (nSPS) is 11.0. The summed E-state index contributed by atoms with van der Waals surface area (Å²) in [4.78, 5) is 16.6. The number of benzene rings is 1. The van der Waals surface area contributed by atoms with Crippen LogP contribution in [0.2, 0.25) is 0 Å². The SMILES string of the molecule is CCn1cc(C(=O)/C=C/c2ccc(OC)c(CSc3ccccn3)c2)cn1. The first-order valence-electron chi connectivity index (χ1n) is 8.65. The number of ether oxygens (including phenoxy) is 1. The maximum atomic E-state index is 12.3. The number of rotatable bonds is 8. The minimum Gasteiger partial charge on any atom is -0.496 e. The van der Waals surface area contributed by atoms with Crippen molar-refractivity contribution < 1.29 is 9.53 Å². The van der Waals surface area contributed by atoms with E-state index in [1.165, 1.54) is 0 Å². The van der Waals surface area contributed by atoms with Gasteiger partial charge in [0.2, 0.25) is 0 Å². The number of pyridine rings is 1. The molecule has 3 aromatic rings. The molecule has 2 aromatic heterocycles. The first-order valence-corrected chi connectivity index (χ1v) is 9.63. The molecule has 0 aliphatic carbocycles. The molecule has 0 atom stereocenters. The standard InChI is InChI=1S/C21H21N3O2S/c1-3-24-14-18(13-23-24)19(25)9-7-16-8-10-20(26-2)17(12-16)15-27-21-6-4-5-11-22-21/h4-14H,3,15H2,1-2H3/b9-7+. The quantitative estimate of drug-likeness (QED) is 0.328. The van der Waals surface area contributed by atoms with Crippen LogP contribution in [0.4, 0.5) is 0 Å². The summed E-state index contributed by atoms with van der Waals surface area (Å²) in [6.07, 6.45) is 8.54. The molecule has 0 aliphatic rings. The number of hydrogen-bond donors (Lipinski definition) is 0. The lowest BCUT2D eigenvalue weighted by Crippen LogP contribution is -1.95. The van der Waals surface area contributed by atoms with Crippen LogP contribution in [0, 0.1) is 0 Å². The lowest BCUT2D eigenvalue weighted by molar-refractivity contribution is 0.104. The lowest BCUT2D eigenvalue weighted by Gasteiger charge is -2.09. The van der Waals surface area contributed by atoms with Crippen molar-refractivity contribution in [3.05, 3.63) is 77.8 Å². The van der Waals surface area contributed by atoms with Gasteiger partial charge in [0.15, 0.2) is 5.78 Å². The second-order valence-electron chi connectivity index (χ2n) is 5.81. The third-order valence-electron chi connectivity index (χ3n) is 3.99. The van der Waals surface area contributed by atoms with Gasteiger partial charge in [-0.1, -0.05) is 18.2 Å².